The van der Waals surface area contributed by atoms with Crippen LogP contribution in [-0.2, 0) is 16.0 Å². The number of benzene rings is 1. The summed E-state index contributed by atoms with van der Waals surface area (Å²) in [6.07, 6.45) is -0.284. The van der Waals surface area contributed by atoms with Gasteiger partial charge in [0.05, 0.1) is 0 Å². The molecule has 0 spiro atoms. The van der Waals surface area contributed by atoms with Gasteiger partial charge in [0.15, 0.2) is 5.78 Å². The molecule has 0 fully saturated rings. The molecule has 1 rings (SSSR count). The van der Waals surface area contributed by atoms with E-state index in [0.717, 1.165) is 4.47 Å². The van der Waals surface area contributed by atoms with E-state index in [-0.39, 0.29) is 18.0 Å². The predicted octanol–water partition coefficient (Wildman–Crippen LogP) is 2.73. The Morgan fingerprint density at radius 3 is 2.87 bits per heavy atom. The number of carbonyl (C=O) groups is 1. The van der Waals surface area contributed by atoms with Crippen molar-refractivity contribution in [2.75, 3.05) is 7.11 Å². The lowest BCUT2D eigenvalue weighted by Crippen LogP contribution is -2.21. The normalized spacial score (nSPS) is 12.5. The Morgan fingerprint density at radius 1 is 1.60 bits per heavy atom. The number of halogens is 2. The van der Waals surface area contributed by atoms with E-state index in [4.69, 9.17) is 4.74 Å². The Kier molecular flexibility index (Phi) is 4.42. The molecule has 1 aromatic rings. The molecule has 1 unspecified atom stereocenters. The number of hydrogen-bond donors (Lipinski definition) is 0. The molecule has 0 amide bonds. The molecule has 0 aliphatic carbocycles. The molecule has 1 atom stereocenters. The van der Waals surface area contributed by atoms with Crippen molar-refractivity contribution in [1.29, 1.82) is 0 Å². The fraction of sp³-hybridized carbons (Fsp3) is 0.364. The van der Waals surface area contributed by atoms with Gasteiger partial charge in [0, 0.05) is 18.0 Å². The maximum absolute atomic E-state index is 12.9. The van der Waals surface area contributed by atoms with Crippen LogP contribution < -0.4 is 0 Å². The second-order valence-corrected chi connectivity index (χ2v) is 4.11. The molecule has 4 heteroatoms. The summed E-state index contributed by atoms with van der Waals surface area (Å²) in [5.74, 6) is -0.408. The van der Waals surface area contributed by atoms with E-state index in [1.54, 1.807) is 13.0 Å². The quantitative estimate of drug-likeness (QED) is 0.844. The highest BCUT2D eigenvalue weighted by molar-refractivity contribution is 9.10. The molecule has 0 heterocycles. The summed E-state index contributed by atoms with van der Waals surface area (Å²) in [6.45, 7) is 1.68. The average molecular weight is 275 g/mol. The maximum atomic E-state index is 12.9. The standard InChI is InChI=1S/C11H12BrFO2/c1-7(15-2)11(14)6-8-5-9(13)3-4-10(8)12/h3-5,7H,6H2,1-2H3. The van der Waals surface area contributed by atoms with Gasteiger partial charge in [-0.05, 0) is 30.7 Å². The van der Waals surface area contributed by atoms with Gasteiger partial charge in [-0.15, -0.1) is 0 Å². The Labute approximate surface area is 96.6 Å². The largest absolute Gasteiger partial charge is 0.374 e. The van der Waals surface area contributed by atoms with Crippen LogP contribution in [0.2, 0.25) is 0 Å². The number of rotatable bonds is 4. The number of ether oxygens (including phenoxy) is 1. The van der Waals surface area contributed by atoms with Gasteiger partial charge in [0.25, 0.3) is 0 Å². The van der Waals surface area contributed by atoms with E-state index in [1.807, 2.05) is 0 Å². The number of ketones is 1. The van der Waals surface area contributed by atoms with Gasteiger partial charge in [-0.3, -0.25) is 4.79 Å². The van der Waals surface area contributed by atoms with Crippen LogP contribution in [0.25, 0.3) is 0 Å². The first-order chi connectivity index (χ1) is 7.04. The smallest absolute Gasteiger partial charge is 0.165 e. The van der Waals surface area contributed by atoms with E-state index in [2.05, 4.69) is 15.9 Å². The van der Waals surface area contributed by atoms with Gasteiger partial charge in [-0.2, -0.15) is 0 Å². The summed E-state index contributed by atoms with van der Waals surface area (Å²) in [4.78, 5) is 11.5. The average Bonchev–Trinajstić information content (AvgIpc) is 2.22. The Bertz CT molecular complexity index is 366. The van der Waals surface area contributed by atoms with Crippen LogP contribution in [0, 0.1) is 5.82 Å². The minimum absolute atomic E-state index is 0.0659. The van der Waals surface area contributed by atoms with E-state index >= 15 is 0 Å². The van der Waals surface area contributed by atoms with Crippen molar-refractivity contribution in [3.05, 3.63) is 34.1 Å². The predicted molar refractivity (Wildman–Crippen MR) is 59.3 cm³/mol. The maximum Gasteiger partial charge on any atom is 0.165 e. The van der Waals surface area contributed by atoms with Crippen LogP contribution in [0.3, 0.4) is 0 Å². The van der Waals surface area contributed by atoms with Crippen LogP contribution >= 0.6 is 15.9 Å². The third-order valence-corrected chi connectivity index (χ3v) is 2.95. The molecule has 0 bridgehead atoms. The molecule has 0 aromatic heterocycles. The number of Topliss-reactive ketones (excluding diaryl/α,β-unsaturated/α-hetero) is 1. The van der Waals surface area contributed by atoms with Crippen molar-refractivity contribution < 1.29 is 13.9 Å². The van der Waals surface area contributed by atoms with Gasteiger partial charge in [0.2, 0.25) is 0 Å². The summed E-state index contributed by atoms with van der Waals surface area (Å²) < 4.78 is 18.5. The van der Waals surface area contributed by atoms with Gasteiger partial charge in [-0.25, -0.2) is 4.39 Å². The summed E-state index contributed by atoms with van der Waals surface area (Å²) in [7, 11) is 1.48. The van der Waals surface area contributed by atoms with Crippen LogP contribution in [0.5, 0.6) is 0 Å². The third-order valence-electron chi connectivity index (χ3n) is 2.18. The SMILES string of the molecule is COC(C)C(=O)Cc1cc(F)ccc1Br. The lowest BCUT2D eigenvalue weighted by molar-refractivity contribution is -0.127. The summed E-state index contributed by atoms with van der Waals surface area (Å²) in [5, 5.41) is 0. The summed E-state index contributed by atoms with van der Waals surface area (Å²) in [6, 6.07) is 4.29. The molecule has 2 nitrogen and oxygen atoms in total. The van der Waals surface area contributed by atoms with Gasteiger partial charge in [-0.1, -0.05) is 15.9 Å². The first kappa shape index (κ1) is 12.3. The van der Waals surface area contributed by atoms with E-state index in [1.165, 1.54) is 19.2 Å². The summed E-state index contributed by atoms with van der Waals surface area (Å²) in [5.41, 5.74) is 0.643. The van der Waals surface area contributed by atoms with Crippen LogP contribution in [0.4, 0.5) is 4.39 Å². The highest BCUT2D eigenvalue weighted by atomic mass is 79.9. The Balaban J connectivity index is 2.80. The number of hydrogen-bond acceptors (Lipinski definition) is 2. The minimum Gasteiger partial charge on any atom is -0.374 e. The van der Waals surface area contributed by atoms with Crippen LogP contribution in [-0.4, -0.2) is 19.0 Å². The first-order valence-corrected chi connectivity index (χ1v) is 5.33. The first-order valence-electron chi connectivity index (χ1n) is 4.54. The third kappa shape index (κ3) is 3.39. The number of methoxy groups -OCH3 is 1. The second-order valence-electron chi connectivity index (χ2n) is 3.26. The van der Waals surface area contributed by atoms with Crippen molar-refractivity contribution in [3.63, 3.8) is 0 Å². The second kappa shape index (κ2) is 5.37. The van der Waals surface area contributed by atoms with Crippen molar-refractivity contribution in [2.45, 2.75) is 19.4 Å². The van der Waals surface area contributed by atoms with Crippen LogP contribution in [0.1, 0.15) is 12.5 Å². The highest BCUT2D eigenvalue weighted by Gasteiger charge is 2.14. The molecule has 0 N–H and O–H groups in total. The monoisotopic (exact) mass is 274 g/mol. The summed E-state index contributed by atoms with van der Waals surface area (Å²) >= 11 is 3.27. The van der Waals surface area contributed by atoms with Gasteiger partial charge < -0.3 is 4.74 Å². The van der Waals surface area contributed by atoms with Crippen molar-refractivity contribution in [3.8, 4) is 0 Å². The zero-order chi connectivity index (χ0) is 11.4. The highest BCUT2D eigenvalue weighted by Crippen LogP contribution is 2.19. The molecule has 1 aromatic carbocycles. The van der Waals surface area contributed by atoms with E-state index < -0.39 is 6.10 Å². The Hall–Kier alpha value is -0.740. The molecular weight excluding hydrogens is 263 g/mol. The fourth-order valence-electron chi connectivity index (χ4n) is 1.14. The lowest BCUT2D eigenvalue weighted by Gasteiger charge is -2.09. The molecule has 0 saturated heterocycles. The zero-order valence-electron chi connectivity index (χ0n) is 8.59. The van der Waals surface area contributed by atoms with Crippen LogP contribution in [0.15, 0.2) is 22.7 Å². The van der Waals surface area contributed by atoms with Gasteiger partial charge >= 0.3 is 0 Å². The molecule has 0 aliphatic rings. The van der Waals surface area contributed by atoms with E-state index in [0.29, 0.717) is 5.56 Å². The molecular formula is C11H12BrFO2. The van der Waals surface area contributed by atoms with Gasteiger partial charge in [0.1, 0.15) is 11.9 Å². The molecule has 0 saturated carbocycles. The van der Waals surface area contributed by atoms with E-state index in [9.17, 15) is 9.18 Å². The van der Waals surface area contributed by atoms with Crippen molar-refractivity contribution in [2.24, 2.45) is 0 Å². The lowest BCUT2D eigenvalue weighted by atomic mass is 10.1. The van der Waals surface area contributed by atoms with Crippen molar-refractivity contribution >= 4 is 21.7 Å². The molecule has 82 valence electrons. The Morgan fingerprint density at radius 2 is 2.27 bits per heavy atom. The number of carbonyl (C=O) groups excluding carboxylic acids is 1. The van der Waals surface area contributed by atoms with Crippen molar-refractivity contribution in [1.82, 2.24) is 0 Å². The minimum atomic E-state index is -0.458. The fourth-order valence-corrected chi connectivity index (χ4v) is 1.53. The molecule has 0 aliphatic heterocycles. The molecule has 0 radical (unpaired) electrons. The topological polar surface area (TPSA) is 26.3 Å². The zero-order valence-corrected chi connectivity index (χ0v) is 10.2. The molecule has 15 heavy (non-hydrogen) atoms.